The first kappa shape index (κ1) is 10.7. The van der Waals surface area contributed by atoms with Gasteiger partial charge < -0.3 is 10.3 Å². The van der Waals surface area contributed by atoms with Crippen LogP contribution in [0.15, 0.2) is 24.3 Å². The Labute approximate surface area is 94.9 Å². The highest BCUT2D eigenvalue weighted by Gasteiger charge is 2.07. The van der Waals surface area contributed by atoms with Gasteiger partial charge in [0.1, 0.15) is 5.69 Å². The van der Waals surface area contributed by atoms with E-state index in [1.165, 1.54) is 5.56 Å². The predicted octanol–water partition coefficient (Wildman–Crippen LogP) is 2.48. The number of amides is 1. The molecule has 16 heavy (non-hydrogen) atoms. The average Bonchev–Trinajstić information content (AvgIpc) is 2.71. The first-order chi connectivity index (χ1) is 7.74. The number of nitrogens with one attached hydrogen (secondary N) is 2. The number of hydrogen-bond acceptors (Lipinski definition) is 1. The van der Waals surface area contributed by atoms with Crippen molar-refractivity contribution in [3.05, 3.63) is 35.5 Å². The predicted molar refractivity (Wildman–Crippen MR) is 65.7 cm³/mol. The third-order valence-electron chi connectivity index (χ3n) is 2.68. The number of aromatic nitrogens is 1. The Hall–Kier alpha value is -1.77. The van der Waals surface area contributed by atoms with Gasteiger partial charge in [0, 0.05) is 17.4 Å². The van der Waals surface area contributed by atoms with Crippen molar-refractivity contribution in [2.24, 2.45) is 0 Å². The van der Waals surface area contributed by atoms with Gasteiger partial charge in [0.25, 0.3) is 5.91 Å². The van der Waals surface area contributed by atoms with E-state index in [1.54, 1.807) is 0 Å². The van der Waals surface area contributed by atoms with Crippen molar-refractivity contribution in [2.75, 3.05) is 6.54 Å². The van der Waals surface area contributed by atoms with Crippen molar-refractivity contribution in [1.29, 1.82) is 0 Å². The first-order valence-corrected chi connectivity index (χ1v) is 5.64. The SMILES string of the molecule is CCNC(=O)c1cc2ccc(CC)cc2[nH]1. The lowest BCUT2D eigenvalue weighted by Gasteiger charge is -1.97. The maximum Gasteiger partial charge on any atom is 0.267 e. The maximum absolute atomic E-state index is 11.6. The number of benzene rings is 1. The summed E-state index contributed by atoms with van der Waals surface area (Å²) in [6.07, 6.45) is 1.01. The zero-order chi connectivity index (χ0) is 11.5. The zero-order valence-electron chi connectivity index (χ0n) is 9.63. The van der Waals surface area contributed by atoms with Crippen LogP contribution in [0.4, 0.5) is 0 Å². The molecule has 0 fully saturated rings. The van der Waals surface area contributed by atoms with Crippen molar-refractivity contribution in [3.63, 3.8) is 0 Å². The van der Waals surface area contributed by atoms with Gasteiger partial charge in [0.2, 0.25) is 0 Å². The lowest BCUT2D eigenvalue weighted by Crippen LogP contribution is -2.22. The molecule has 0 atom stereocenters. The summed E-state index contributed by atoms with van der Waals surface area (Å²) in [5, 5.41) is 3.86. The topological polar surface area (TPSA) is 44.9 Å². The van der Waals surface area contributed by atoms with Crippen LogP contribution in [0.5, 0.6) is 0 Å². The fourth-order valence-electron chi connectivity index (χ4n) is 1.77. The Balaban J connectivity index is 2.39. The van der Waals surface area contributed by atoms with Crippen molar-refractivity contribution in [1.82, 2.24) is 10.3 Å². The van der Waals surface area contributed by atoms with Crippen LogP contribution in [0.25, 0.3) is 10.9 Å². The summed E-state index contributed by atoms with van der Waals surface area (Å²) in [5.74, 6) is -0.0447. The van der Waals surface area contributed by atoms with E-state index >= 15 is 0 Å². The van der Waals surface area contributed by atoms with Crippen molar-refractivity contribution >= 4 is 16.8 Å². The lowest BCUT2D eigenvalue weighted by atomic mass is 10.1. The number of aromatic amines is 1. The van der Waals surface area contributed by atoms with Crippen LogP contribution < -0.4 is 5.32 Å². The molecule has 1 heterocycles. The molecule has 0 spiro atoms. The van der Waals surface area contributed by atoms with Crippen LogP contribution in [0.3, 0.4) is 0 Å². The van der Waals surface area contributed by atoms with Gasteiger partial charge in [-0.3, -0.25) is 4.79 Å². The molecule has 3 nitrogen and oxygen atoms in total. The van der Waals surface area contributed by atoms with Gasteiger partial charge in [-0.2, -0.15) is 0 Å². The zero-order valence-corrected chi connectivity index (χ0v) is 9.63. The third kappa shape index (κ3) is 1.94. The number of H-pyrrole nitrogens is 1. The molecule has 2 rings (SSSR count). The Morgan fingerprint density at radius 3 is 2.81 bits per heavy atom. The second-order valence-electron chi connectivity index (χ2n) is 3.82. The van der Waals surface area contributed by atoms with Gasteiger partial charge in [0.15, 0.2) is 0 Å². The molecule has 1 amide bonds. The summed E-state index contributed by atoms with van der Waals surface area (Å²) in [6.45, 7) is 4.68. The molecular formula is C13H16N2O. The molecule has 0 unspecified atom stereocenters. The Kier molecular flexibility index (Phi) is 2.95. The molecular weight excluding hydrogens is 200 g/mol. The van der Waals surface area contributed by atoms with Crippen LogP contribution in [0, 0.1) is 0 Å². The summed E-state index contributed by atoms with van der Waals surface area (Å²) in [6, 6.07) is 8.13. The average molecular weight is 216 g/mol. The van der Waals surface area contributed by atoms with E-state index in [9.17, 15) is 4.79 Å². The van der Waals surface area contributed by atoms with E-state index in [1.807, 2.05) is 19.1 Å². The molecule has 0 radical (unpaired) electrons. The number of aryl methyl sites for hydroxylation is 1. The number of carbonyl (C=O) groups excluding carboxylic acids is 1. The fraction of sp³-hybridized carbons (Fsp3) is 0.308. The van der Waals surface area contributed by atoms with Gasteiger partial charge in [-0.15, -0.1) is 0 Å². The van der Waals surface area contributed by atoms with Crippen LogP contribution in [-0.4, -0.2) is 17.4 Å². The van der Waals surface area contributed by atoms with Crippen LogP contribution in [0.1, 0.15) is 29.9 Å². The molecule has 2 N–H and O–H groups in total. The summed E-state index contributed by atoms with van der Waals surface area (Å²) < 4.78 is 0. The number of carbonyl (C=O) groups is 1. The Bertz CT molecular complexity index is 514. The Morgan fingerprint density at radius 2 is 2.12 bits per heavy atom. The van der Waals surface area contributed by atoms with Crippen molar-refractivity contribution in [2.45, 2.75) is 20.3 Å². The normalized spacial score (nSPS) is 10.6. The number of fused-ring (bicyclic) bond motifs is 1. The van der Waals surface area contributed by atoms with Crippen LogP contribution in [0.2, 0.25) is 0 Å². The third-order valence-corrected chi connectivity index (χ3v) is 2.68. The largest absolute Gasteiger partial charge is 0.351 e. The molecule has 1 aromatic carbocycles. The molecule has 84 valence electrons. The second-order valence-corrected chi connectivity index (χ2v) is 3.82. The standard InChI is InChI=1S/C13H16N2O/c1-3-9-5-6-10-8-12(13(16)14-4-2)15-11(10)7-9/h5-8,15H,3-4H2,1-2H3,(H,14,16). The summed E-state index contributed by atoms with van der Waals surface area (Å²) in [7, 11) is 0. The summed E-state index contributed by atoms with van der Waals surface area (Å²) in [5.41, 5.74) is 2.93. The van der Waals surface area contributed by atoms with Gasteiger partial charge in [-0.1, -0.05) is 19.1 Å². The van der Waals surface area contributed by atoms with Crippen molar-refractivity contribution in [3.8, 4) is 0 Å². The molecule has 2 aromatic rings. The molecule has 1 aromatic heterocycles. The van der Waals surface area contributed by atoms with Gasteiger partial charge in [-0.05, 0) is 31.0 Å². The molecule has 0 bridgehead atoms. The van der Waals surface area contributed by atoms with Crippen LogP contribution >= 0.6 is 0 Å². The van der Waals surface area contributed by atoms with Gasteiger partial charge >= 0.3 is 0 Å². The Morgan fingerprint density at radius 1 is 1.31 bits per heavy atom. The summed E-state index contributed by atoms with van der Waals surface area (Å²) in [4.78, 5) is 14.8. The van der Waals surface area contributed by atoms with E-state index in [4.69, 9.17) is 0 Å². The van der Waals surface area contributed by atoms with E-state index in [-0.39, 0.29) is 5.91 Å². The molecule has 3 heteroatoms. The lowest BCUT2D eigenvalue weighted by molar-refractivity contribution is 0.0951. The molecule has 0 aliphatic carbocycles. The first-order valence-electron chi connectivity index (χ1n) is 5.64. The minimum atomic E-state index is -0.0447. The second kappa shape index (κ2) is 4.39. The highest BCUT2D eigenvalue weighted by molar-refractivity contribution is 5.98. The minimum absolute atomic E-state index is 0.0447. The van der Waals surface area contributed by atoms with Crippen LogP contribution in [-0.2, 0) is 6.42 Å². The van der Waals surface area contributed by atoms with E-state index < -0.39 is 0 Å². The smallest absolute Gasteiger partial charge is 0.267 e. The minimum Gasteiger partial charge on any atom is -0.351 e. The van der Waals surface area contributed by atoms with E-state index in [0.717, 1.165) is 17.3 Å². The van der Waals surface area contributed by atoms with Gasteiger partial charge in [-0.25, -0.2) is 0 Å². The monoisotopic (exact) mass is 216 g/mol. The highest BCUT2D eigenvalue weighted by Crippen LogP contribution is 2.17. The highest BCUT2D eigenvalue weighted by atomic mass is 16.1. The number of hydrogen-bond donors (Lipinski definition) is 2. The molecule has 0 saturated heterocycles. The quantitative estimate of drug-likeness (QED) is 0.813. The van der Waals surface area contributed by atoms with Gasteiger partial charge in [0.05, 0.1) is 0 Å². The molecule has 0 aliphatic heterocycles. The number of rotatable bonds is 3. The van der Waals surface area contributed by atoms with Crippen molar-refractivity contribution < 1.29 is 4.79 Å². The molecule has 0 aliphatic rings. The van der Waals surface area contributed by atoms with E-state index in [2.05, 4.69) is 29.4 Å². The van der Waals surface area contributed by atoms with E-state index in [0.29, 0.717) is 12.2 Å². The summed E-state index contributed by atoms with van der Waals surface area (Å²) >= 11 is 0. The maximum atomic E-state index is 11.6. The molecule has 0 saturated carbocycles. The fourth-order valence-corrected chi connectivity index (χ4v) is 1.77.